The van der Waals surface area contributed by atoms with Gasteiger partial charge in [-0.3, -0.25) is 0 Å². The van der Waals surface area contributed by atoms with E-state index in [0.717, 1.165) is 0 Å². The summed E-state index contributed by atoms with van der Waals surface area (Å²) in [6.45, 7) is 19.1. The average Bonchev–Trinajstić information content (AvgIpc) is 2.61. The van der Waals surface area contributed by atoms with Crippen LogP contribution in [0.15, 0.2) is 22.3 Å². The Balaban J connectivity index is 0.00000200. The Morgan fingerprint density at radius 2 is 0.952 bits per heavy atom. The molecule has 0 N–H and O–H groups in total. The van der Waals surface area contributed by atoms with Gasteiger partial charge in [0.25, 0.3) is 0 Å². The fraction of sp³-hybridized carbons (Fsp3) is 0.625. The minimum atomic E-state index is -0.569. The summed E-state index contributed by atoms with van der Waals surface area (Å²) >= 11 is -0.569. The quantitative estimate of drug-likeness (QED) is 0.439. The smallest absolute Gasteiger partial charge is 0.147 e. The maximum absolute atomic E-state index is 2.53. The zero-order chi connectivity index (χ0) is 14.6. The average molecular weight is 442 g/mol. The van der Waals surface area contributed by atoms with Gasteiger partial charge in [0.05, 0.1) is 0 Å². The van der Waals surface area contributed by atoms with Crippen molar-refractivity contribution in [3.05, 3.63) is 22.3 Å². The van der Waals surface area contributed by atoms with Crippen molar-refractivity contribution in [2.75, 3.05) is 0 Å². The van der Waals surface area contributed by atoms with Crippen molar-refractivity contribution in [2.45, 2.75) is 61.1 Å². The van der Waals surface area contributed by atoms with Crippen molar-refractivity contribution >= 4 is 51.8 Å². The van der Waals surface area contributed by atoms with Crippen LogP contribution in [0.1, 0.15) is 55.4 Å². The molecule has 0 aromatic rings. The van der Waals surface area contributed by atoms with E-state index in [1.54, 1.807) is 49.3 Å². The molecule has 2 unspecified atom stereocenters. The molecule has 0 aromatic heterocycles. The van der Waals surface area contributed by atoms with Crippen LogP contribution >= 0.6 is 41.2 Å². The summed E-state index contributed by atoms with van der Waals surface area (Å²) in [4.78, 5) is 0. The molecule has 0 aliphatic carbocycles. The third kappa shape index (κ3) is 3.86. The Morgan fingerprint density at radius 1 is 0.667 bits per heavy atom. The molecule has 118 valence electrons. The largest absolute Gasteiger partial charge is 0.147 e. The third-order valence-electron chi connectivity index (χ3n) is 4.94. The fourth-order valence-electron chi connectivity index (χ4n) is 3.00. The van der Waals surface area contributed by atoms with Crippen molar-refractivity contribution in [3.63, 3.8) is 0 Å². The van der Waals surface area contributed by atoms with Gasteiger partial charge in [0, 0.05) is 0 Å². The van der Waals surface area contributed by atoms with E-state index in [1.807, 2.05) is 0 Å². The molecule has 2 rings (SSSR count). The summed E-state index contributed by atoms with van der Waals surface area (Å²) in [6.07, 6.45) is 0. The standard InChI is InChI=1S/2C8H12P.2ClH.Zr/c2*1-5-6(2)8(4)9-7(5)3;;;/h2*1-4H3;2*1H;. The molecule has 0 saturated carbocycles. The second kappa shape index (κ2) is 7.45. The second-order valence-corrected chi connectivity index (χ2v) is 17.3. The molecule has 2 heterocycles. The van der Waals surface area contributed by atoms with Crippen LogP contribution < -0.4 is 0 Å². The number of allylic oxidation sites excluding steroid dienone is 4. The third-order valence-corrected chi connectivity index (χ3v) is 15.1. The molecule has 0 spiro atoms. The zero-order valence-corrected chi connectivity index (χ0v) is 20.1. The van der Waals surface area contributed by atoms with E-state index < -0.39 is 23.2 Å². The Bertz CT molecular complexity index is 525. The molecule has 0 radical (unpaired) electrons. The van der Waals surface area contributed by atoms with Gasteiger partial charge in [-0.25, -0.2) is 0 Å². The molecular weight excluding hydrogens is 416 g/mol. The van der Waals surface area contributed by atoms with Gasteiger partial charge >= 0.3 is 134 Å². The normalized spacial score (nSPS) is 33.1. The van der Waals surface area contributed by atoms with Crippen molar-refractivity contribution in [3.8, 4) is 0 Å². The van der Waals surface area contributed by atoms with Crippen LogP contribution in [-0.4, -0.2) is 16.3 Å². The van der Waals surface area contributed by atoms with Crippen LogP contribution in [0.3, 0.4) is 0 Å². The van der Waals surface area contributed by atoms with Gasteiger partial charge in [0.15, 0.2) is 0 Å². The van der Waals surface area contributed by atoms with E-state index in [0.29, 0.717) is 5.73 Å². The van der Waals surface area contributed by atoms with Gasteiger partial charge in [0.1, 0.15) is 0 Å². The molecule has 2 aliphatic rings. The summed E-state index contributed by atoms with van der Waals surface area (Å²) < 4.78 is 1.01. The summed E-state index contributed by atoms with van der Waals surface area (Å²) in [5, 5.41) is 3.22. The molecule has 0 amide bonds. The molecule has 2 aliphatic heterocycles. The van der Waals surface area contributed by atoms with Crippen LogP contribution in [-0.2, 0) is 23.2 Å². The van der Waals surface area contributed by atoms with Crippen molar-refractivity contribution in [2.24, 2.45) is 0 Å². The first-order valence-electron chi connectivity index (χ1n) is 6.89. The topological polar surface area (TPSA) is 0 Å². The number of rotatable bonds is 2. The van der Waals surface area contributed by atoms with Crippen molar-refractivity contribution in [1.29, 1.82) is 0 Å². The van der Waals surface area contributed by atoms with Crippen LogP contribution in [0, 0.1) is 0 Å². The Morgan fingerprint density at radius 3 is 1.14 bits per heavy atom. The predicted octanol–water partition coefficient (Wildman–Crippen LogP) is 6.32. The van der Waals surface area contributed by atoms with E-state index in [1.165, 1.54) is 0 Å². The summed E-state index contributed by atoms with van der Waals surface area (Å²) in [7, 11) is 3.21. The minimum Gasteiger partial charge on any atom is -0.147 e. The number of halogens is 2. The van der Waals surface area contributed by atoms with Crippen molar-refractivity contribution in [1.82, 2.24) is 0 Å². The van der Waals surface area contributed by atoms with Crippen LogP contribution in [0.5, 0.6) is 0 Å². The van der Waals surface area contributed by atoms with E-state index in [2.05, 4.69) is 55.4 Å². The van der Waals surface area contributed by atoms with Crippen LogP contribution in [0.4, 0.5) is 0 Å². The maximum atomic E-state index is 2.53. The minimum absolute atomic E-state index is 0. The Labute approximate surface area is 157 Å². The fourth-order valence-corrected chi connectivity index (χ4v) is 16.4. The van der Waals surface area contributed by atoms with E-state index in [9.17, 15) is 0 Å². The first kappa shape index (κ1) is 22.3. The molecular formula is C16H26Cl2P2Zr. The van der Waals surface area contributed by atoms with Crippen LogP contribution in [0.25, 0.3) is 0 Å². The predicted molar refractivity (Wildman–Crippen MR) is 103 cm³/mol. The monoisotopic (exact) mass is 440 g/mol. The van der Waals surface area contributed by atoms with Crippen LogP contribution in [0.2, 0.25) is 0 Å². The Hall–Kier alpha value is 1.28. The molecule has 0 bridgehead atoms. The molecule has 0 aromatic carbocycles. The van der Waals surface area contributed by atoms with Gasteiger partial charge < -0.3 is 0 Å². The van der Waals surface area contributed by atoms with E-state index >= 15 is 0 Å². The molecule has 0 nitrogen and oxygen atoms in total. The van der Waals surface area contributed by atoms with E-state index in [-0.39, 0.29) is 24.8 Å². The van der Waals surface area contributed by atoms with Gasteiger partial charge in [-0.1, -0.05) is 0 Å². The number of hydrogen-bond donors (Lipinski definition) is 0. The van der Waals surface area contributed by atoms with Crippen molar-refractivity contribution < 1.29 is 23.2 Å². The SMILES string of the molecule is CC1=P[C](C)([Zr][C]2(C)P=C(C)C(C)=C2C)C(C)=C1C.Cl.Cl. The number of hydrogen-bond acceptors (Lipinski definition) is 0. The summed E-state index contributed by atoms with van der Waals surface area (Å²) in [5.74, 6) is 0. The Kier molecular flexibility index (Phi) is 7.90. The van der Waals surface area contributed by atoms with Gasteiger partial charge in [-0.2, -0.15) is 0 Å². The second-order valence-electron chi connectivity index (χ2n) is 6.16. The van der Waals surface area contributed by atoms with Gasteiger partial charge in [0.2, 0.25) is 0 Å². The summed E-state index contributed by atoms with van der Waals surface area (Å²) in [6, 6.07) is 0. The molecule has 2 atom stereocenters. The molecule has 0 fully saturated rings. The van der Waals surface area contributed by atoms with E-state index in [4.69, 9.17) is 0 Å². The molecule has 5 heteroatoms. The zero-order valence-electron chi connectivity index (χ0n) is 14.2. The molecule has 0 saturated heterocycles. The maximum Gasteiger partial charge on any atom is -0.147 e. The summed E-state index contributed by atoms with van der Waals surface area (Å²) in [5.41, 5.74) is 6.54. The van der Waals surface area contributed by atoms with Gasteiger partial charge in [-0.15, -0.1) is 24.8 Å². The van der Waals surface area contributed by atoms with Gasteiger partial charge in [-0.05, 0) is 0 Å². The first-order chi connectivity index (χ1) is 8.61. The first-order valence-corrected chi connectivity index (χ1v) is 11.1. The molecule has 21 heavy (non-hydrogen) atoms.